The van der Waals surface area contributed by atoms with Crippen molar-refractivity contribution in [1.82, 2.24) is 25.7 Å². The predicted octanol–water partition coefficient (Wildman–Crippen LogP) is 3.19. The second-order valence-corrected chi connectivity index (χ2v) is 8.23. The minimum absolute atomic E-state index is 0.156. The van der Waals surface area contributed by atoms with E-state index < -0.39 is 0 Å². The van der Waals surface area contributed by atoms with Gasteiger partial charge in [0.05, 0.1) is 23.6 Å². The first-order valence-electron chi connectivity index (χ1n) is 10.7. The Morgan fingerprint density at radius 1 is 1.19 bits per heavy atom. The number of hydrazine groups is 2. The molecule has 7 nitrogen and oxygen atoms in total. The molecule has 160 valence electrons. The van der Waals surface area contributed by atoms with Crippen LogP contribution in [-0.2, 0) is 13.5 Å². The summed E-state index contributed by atoms with van der Waals surface area (Å²) in [6.45, 7) is 3.14. The molecule has 3 aromatic rings. The van der Waals surface area contributed by atoms with Gasteiger partial charge in [0.25, 0.3) is 0 Å². The van der Waals surface area contributed by atoms with Crippen LogP contribution in [0.3, 0.4) is 0 Å². The van der Waals surface area contributed by atoms with Crippen molar-refractivity contribution in [3.05, 3.63) is 77.2 Å². The first-order chi connectivity index (χ1) is 15.1. The van der Waals surface area contributed by atoms with Crippen molar-refractivity contribution in [1.29, 1.82) is 0 Å². The number of aryl methyl sites for hydroxylation is 1. The first kappa shape index (κ1) is 19.7. The monoisotopic (exact) mass is 416 g/mol. The zero-order chi connectivity index (χ0) is 21.4. The standard InChI is InChI=1S/C24H28N6O/c1-16-24-21-7-6-18(19-14-25-29(2)15-19)13-22(21)23(8-10-30(24)28-27-16)26-20-5-3-4-17(12-20)9-11-31/h3-7,12-15,23,26-28,31H,8-11H2,1-2H3. The van der Waals surface area contributed by atoms with E-state index in [0.29, 0.717) is 6.42 Å². The molecule has 1 unspecified atom stereocenters. The van der Waals surface area contributed by atoms with Gasteiger partial charge in [-0.2, -0.15) is 5.10 Å². The Kier molecular flexibility index (Phi) is 5.13. The second kappa shape index (κ2) is 8.09. The Hall–Kier alpha value is -3.29. The molecule has 2 aliphatic heterocycles. The SMILES string of the molecule is CC1=C2c3ccc(-c4cnn(C)c4)cc3C(Nc3cccc(CCO)c3)CCN2NN1. The van der Waals surface area contributed by atoms with Crippen molar-refractivity contribution in [3.63, 3.8) is 0 Å². The predicted molar refractivity (Wildman–Crippen MR) is 122 cm³/mol. The molecule has 5 rings (SSSR count). The topological polar surface area (TPSA) is 77.4 Å². The number of allylic oxidation sites excluding steroid dienone is 1. The summed E-state index contributed by atoms with van der Waals surface area (Å²) in [5, 5.41) is 19.6. The molecule has 1 aromatic heterocycles. The number of nitrogens with zero attached hydrogens (tertiary/aromatic N) is 3. The third-order valence-electron chi connectivity index (χ3n) is 6.03. The Balaban J connectivity index is 1.57. The number of hydrogen-bond donors (Lipinski definition) is 4. The van der Waals surface area contributed by atoms with E-state index in [1.54, 1.807) is 0 Å². The third-order valence-corrected chi connectivity index (χ3v) is 6.03. The molecule has 0 amide bonds. The number of nitrogens with one attached hydrogen (secondary N) is 3. The fourth-order valence-electron chi connectivity index (χ4n) is 4.51. The summed E-state index contributed by atoms with van der Waals surface area (Å²) in [6.07, 6.45) is 5.57. The van der Waals surface area contributed by atoms with Gasteiger partial charge in [-0.1, -0.05) is 24.3 Å². The van der Waals surface area contributed by atoms with Crippen LogP contribution >= 0.6 is 0 Å². The van der Waals surface area contributed by atoms with Gasteiger partial charge in [0.1, 0.15) is 0 Å². The molecule has 3 heterocycles. The van der Waals surface area contributed by atoms with Crippen molar-refractivity contribution in [3.8, 4) is 11.1 Å². The normalized spacial score (nSPS) is 17.8. The lowest BCUT2D eigenvalue weighted by Gasteiger charge is -2.22. The van der Waals surface area contributed by atoms with E-state index >= 15 is 0 Å². The molecule has 31 heavy (non-hydrogen) atoms. The van der Waals surface area contributed by atoms with E-state index in [9.17, 15) is 5.11 Å². The van der Waals surface area contributed by atoms with Crippen molar-refractivity contribution in [2.75, 3.05) is 18.5 Å². The van der Waals surface area contributed by atoms with E-state index in [-0.39, 0.29) is 12.6 Å². The highest BCUT2D eigenvalue weighted by Crippen LogP contribution is 2.39. The van der Waals surface area contributed by atoms with E-state index in [1.165, 1.54) is 22.4 Å². The number of aromatic nitrogens is 2. The van der Waals surface area contributed by atoms with E-state index in [2.05, 4.69) is 75.9 Å². The van der Waals surface area contributed by atoms with E-state index in [4.69, 9.17) is 0 Å². The Bertz CT molecular complexity index is 1130. The number of rotatable bonds is 5. The zero-order valence-corrected chi connectivity index (χ0v) is 17.9. The number of benzene rings is 2. The van der Waals surface area contributed by atoms with Crippen LogP contribution in [0.4, 0.5) is 5.69 Å². The fourth-order valence-corrected chi connectivity index (χ4v) is 4.51. The lowest BCUT2D eigenvalue weighted by atomic mass is 9.93. The molecule has 0 fully saturated rings. The van der Waals surface area contributed by atoms with Crippen molar-refractivity contribution in [2.45, 2.75) is 25.8 Å². The van der Waals surface area contributed by atoms with Gasteiger partial charge in [0.15, 0.2) is 0 Å². The summed E-state index contributed by atoms with van der Waals surface area (Å²) in [4.78, 5) is 0. The molecule has 4 N–H and O–H groups in total. The van der Waals surface area contributed by atoms with Crippen LogP contribution in [0.2, 0.25) is 0 Å². The number of anilines is 1. The molecular formula is C24H28N6O. The van der Waals surface area contributed by atoms with Crippen LogP contribution in [0, 0.1) is 0 Å². The molecule has 1 atom stereocenters. The minimum Gasteiger partial charge on any atom is -0.396 e. The van der Waals surface area contributed by atoms with Crippen LogP contribution in [0.1, 0.15) is 36.1 Å². The smallest absolute Gasteiger partial charge is 0.0814 e. The molecule has 7 heteroatoms. The molecule has 0 aliphatic carbocycles. The van der Waals surface area contributed by atoms with Gasteiger partial charge in [0, 0.05) is 43.2 Å². The highest BCUT2D eigenvalue weighted by molar-refractivity contribution is 5.75. The van der Waals surface area contributed by atoms with Crippen molar-refractivity contribution < 1.29 is 5.11 Å². The molecule has 0 bridgehead atoms. The van der Waals surface area contributed by atoms with Gasteiger partial charge in [-0.3, -0.25) is 9.69 Å². The van der Waals surface area contributed by atoms with E-state index in [0.717, 1.165) is 35.5 Å². The Morgan fingerprint density at radius 3 is 2.90 bits per heavy atom. The average Bonchev–Trinajstić information content (AvgIpc) is 3.32. The van der Waals surface area contributed by atoms with Crippen LogP contribution < -0.4 is 16.3 Å². The van der Waals surface area contributed by atoms with Crippen molar-refractivity contribution in [2.24, 2.45) is 7.05 Å². The summed E-state index contributed by atoms with van der Waals surface area (Å²) < 4.78 is 1.84. The Morgan fingerprint density at radius 2 is 2.10 bits per heavy atom. The summed E-state index contributed by atoms with van der Waals surface area (Å²) in [6, 6.07) is 15.2. The number of fused-ring (bicyclic) bond motifs is 3. The molecule has 0 radical (unpaired) electrons. The van der Waals surface area contributed by atoms with Gasteiger partial charge in [-0.05, 0) is 54.7 Å². The highest BCUT2D eigenvalue weighted by atomic mass is 16.2. The first-order valence-corrected chi connectivity index (χ1v) is 10.7. The molecular weight excluding hydrogens is 388 g/mol. The molecule has 2 aromatic carbocycles. The second-order valence-electron chi connectivity index (χ2n) is 8.23. The maximum Gasteiger partial charge on any atom is 0.0814 e. The highest BCUT2D eigenvalue weighted by Gasteiger charge is 2.30. The molecule has 0 saturated heterocycles. The number of aliphatic hydroxyl groups is 1. The maximum absolute atomic E-state index is 9.31. The number of hydrogen-bond acceptors (Lipinski definition) is 6. The van der Waals surface area contributed by atoms with Crippen molar-refractivity contribution >= 4 is 11.4 Å². The lowest BCUT2D eigenvalue weighted by molar-refractivity contribution is 0.281. The maximum atomic E-state index is 9.31. The quantitative estimate of drug-likeness (QED) is 0.512. The summed E-state index contributed by atoms with van der Waals surface area (Å²) >= 11 is 0. The minimum atomic E-state index is 0.156. The molecule has 0 spiro atoms. The molecule has 2 aliphatic rings. The van der Waals surface area contributed by atoms with Gasteiger partial charge < -0.3 is 15.8 Å². The van der Waals surface area contributed by atoms with Crippen LogP contribution in [0.15, 0.2) is 60.6 Å². The van der Waals surface area contributed by atoms with Gasteiger partial charge in [-0.25, -0.2) is 0 Å². The number of aliphatic hydroxyl groups excluding tert-OH is 1. The molecule has 0 saturated carbocycles. The van der Waals surface area contributed by atoms with Gasteiger partial charge in [0.2, 0.25) is 0 Å². The van der Waals surface area contributed by atoms with Crippen LogP contribution in [0.5, 0.6) is 0 Å². The third kappa shape index (κ3) is 3.78. The van der Waals surface area contributed by atoms with Gasteiger partial charge in [-0.15, -0.1) is 5.53 Å². The zero-order valence-electron chi connectivity index (χ0n) is 17.9. The average molecular weight is 417 g/mol. The summed E-state index contributed by atoms with van der Waals surface area (Å²) in [5.74, 6) is 0. The van der Waals surface area contributed by atoms with Crippen LogP contribution in [0.25, 0.3) is 16.8 Å². The lowest BCUT2D eigenvalue weighted by Crippen LogP contribution is -2.37. The largest absolute Gasteiger partial charge is 0.396 e. The van der Waals surface area contributed by atoms with E-state index in [1.807, 2.05) is 24.0 Å². The van der Waals surface area contributed by atoms with Gasteiger partial charge >= 0.3 is 0 Å². The summed E-state index contributed by atoms with van der Waals surface area (Å²) in [7, 11) is 1.94. The Labute approximate surface area is 182 Å². The van der Waals surface area contributed by atoms with Crippen LogP contribution in [-0.4, -0.2) is 33.0 Å². The fraction of sp³-hybridized carbons (Fsp3) is 0.292. The summed E-state index contributed by atoms with van der Waals surface area (Å²) in [5.41, 5.74) is 15.9.